The molecule has 0 saturated heterocycles. The monoisotopic (exact) mass is 233 g/mol. The number of aryl methyl sites for hydroxylation is 2. The van der Waals surface area contributed by atoms with Crippen LogP contribution >= 0.6 is 0 Å². The van der Waals surface area contributed by atoms with Gasteiger partial charge in [0.25, 0.3) is 0 Å². The van der Waals surface area contributed by atoms with Crippen LogP contribution in [-0.4, -0.2) is 24.0 Å². The van der Waals surface area contributed by atoms with E-state index in [1.165, 1.54) is 29.7 Å². The average molecular weight is 233 g/mol. The summed E-state index contributed by atoms with van der Waals surface area (Å²) in [4.78, 5) is 2.56. The number of rotatable bonds is 6. The molecule has 0 N–H and O–H groups in total. The van der Waals surface area contributed by atoms with Crippen LogP contribution in [0.4, 0.5) is 0 Å². The second-order valence-electron chi connectivity index (χ2n) is 5.10. The first-order chi connectivity index (χ1) is 8.08. The van der Waals surface area contributed by atoms with Gasteiger partial charge in [0, 0.05) is 6.04 Å². The fourth-order valence-electron chi connectivity index (χ4n) is 2.38. The minimum atomic E-state index is 0.641. The van der Waals surface area contributed by atoms with Crippen molar-refractivity contribution in [3.63, 3.8) is 0 Å². The van der Waals surface area contributed by atoms with Crippen LogP contribution in [0.3, 0.4) is 0 Å². The highest BCUT2D eigenvalue weighted by Crippen LogP contribution is 2.14. The van der Waals surface area contributed by atoms with Crippen LogP contribution in [-0.2, 0) is 6.42 Å². The molecule has 0 amide bonds. The molecule has 0 radical (unpaired) electrons. The van der Waals surface area contributed by atoms with Crippen LogP contribution in [0.2, 0.25) is 0 Å². The van der Waals surface area contributed by atoms with Gasteiger partial charge in [-0.25, -0.2) is 0 Å². The van der Waals surface area contributed by atoms with Gasteiger partial charge >= 0.3 is 0 Å². The summed E-state index contributed by atoms with van der Waals surface area (Å²) in [5.41, 5.74) is 4.27. The number of hydrogen-bond acceptors (Lipinski definition) is 1. The molecule has 0 fully saturated rings. The van der Waals surface area contributed by atoms with Crippen molar-refractivity contribution >= 4 is 0 Å². The van der Waals surface area contributed by atoms with E-state index in [9.17, 15) is 0 Å². The molecule has 1 rings (SSSR count). The van der Waals surface area contributed by atoms with Crippen molar-refractivity contribution < 1.29 is 0 Å². The Balaban J connectivity index is 2.66. The summed E-state index contributed by atoms with van der Waals surface area (Å²) in [6.45, 7) is 13.6. The molecule has 0 heterocycles. The van der Waals surface area contributed by atoms with E-state index in [-0.39, 0.29) is 0 Å². The average Bonchev–Trinajstić information content (AvgIpc) is 2.30. The zero-order valence-electron chi connectivity index (χ0n) is 12.1. The quantitative estimate of drug-likeness (QED) is 0.718. The Morgan fingerprint density at radius 1 is 1.12 bits per heavy atom. The van der Waals surface area contributed by atoms with E-state index < -0.39 is 0 Å². The third kappa shape index (κ3) is 4.16. The van der Waals surface area contributed by atoms with Gasteiger partial charge < -0.3 is 4.90 Å². The van der Waals surface area contributed by atoms with Gasteiger partial charge in [0.15, 0.2) is 0 Å². The maximum absolute atomic E-state index is 2.56. The first-order valence-electron chi connectivity index (χ1n) is 6.88. The lowest BCUT2D eigenvalue weighted by molar-refractivity contribution is 0.219. The molecule has 1 aromatic carbocycles. The van der Waals surface area contributed by atoms with Crippen LogP contribution in [0.1, 0.15) is 43.9 Å². The zero-order chi connectivity index (χ0) is 12.8. The SMILES string of the molecule is CCCN(CC)C(C)Cc1ccc(C)c(C)c1. The lowest BCUT2D eigenvalue weighted by atomic mass is 10.0. The first-order valence-corrected chi connectivity index (χ1v) is 6.88. The smallest absolute Gasteiger partial charge is 0.0107 e. The molecule has 0 saturated carbocycles. The minimum Gasteiger partial charge on any atom is -0.301 e. The van der Waals surface area contributed by atoms with Crippen molar-refractivity contribution in [2.75, 3.05) is 13.1 Å². The molecule has 0 aromatic heterocycles. The maximum atomic E-state index is 2.56. The number of benzene rings is 1. The van der Waals surface area contributed by atoms with Crippen molar-refractivity contribution in [2.45, 2.75) is 53.5 Å². The normalized spacial score (nSPS) is 13.1. The Morgan fingerprint density at radius 3 is 2.35 bits per heavy atom. The van der Waals surface area contributed by atoms with Crippen molar-refractivity contribution in [3.05, 3.63) is 34.9 Å². The molecule has 96 valence electrons. The Bertz CT molecular complexity index is 343. The summed E-state index contributed by atoms with van der Waals surface area (Å²) >= 11 is 0. The van der Waals surface area contributed by atoms with Crippen molar-refractivity contribution in [3.8, 4) is 0 Å². The summed E-state index contributed by atoms with van der Waals surface area (Å²) in [6.07, 6.45) is 2.40. The predicted molar refractivity (Wildman–Crippen MR) is 76.6 cm³/mol. The molecule has 1 atom stereocenters. The molecule has 0 aliphatic carbocycles. The zero-order valence-corrected chi connectivity index (χ0v) is 12.1. The topological polar surface area (TPSA) is 3.24 Å². The number of nitrogens with zero attached hydrogens (tertiary/aromatic N) is 1. The molecule has 0 aliphatic heterocycles. The van der Waals surface area contributed by atoms with E-state index in [0.717, 1.165) is 13.0 Å². The molecule has 17 heavy (non-hydrogen) atoms. The standard InChI is InChI=1S/C16H27N/c1-6-10-17(7-2)15(5)12-16-9-8-13(3)14(4)11-16/h8-9,11,15H,6-7,10,12H2,1-5H3. The predicted octanol–water partition coefficient (Wildman–Crippen LogP) is 3.97. The Hall–Kier alpha value is -0.820. The lowest BCUT2D eigenvalue weighted by Gasteiger charge is -2.27. The molecular formula is C16H27N. The van der Waals surface area contributed by atoms with E-state index in [1.54, 1.807) is 0 Å². The van der Waals surface area contributed by atoms with E-state index in [2.05, 4.69) is 57.7 Å². The Kier molecular flexibility index (Phi) is 5.70. The molecule has 1 unspecified atom stereocenters. The van der Waals surface area contributed by atoms with Gasteiger partial charge in [-0.05, 0) is 63.4 Å². The van der Waals surface area contributed by atoms with Crippen LogP contribution in [0.15, 0.2) is 18.2 Å². The summed E-state index contributed by atoms with van der Waals surface area (Å²) in [5, 5.41) is 0. The third-order valence-corrected chi connectivity index (χ3v) is 3.64. The van der Waals surface area contributed by atoms with Crippen molar-refractivity contribution in [1.82, 2.24) is 4.90 Å². The van der Waals surface area contributed by atoms with Gasteiger partial charge in [0.2, 0.25) is 0 Å². The first kappa shape index (κ1) is 14.2. The largest absolute Gasteiger partial charge is 0.301 e. The molecule has 1 aromatic rings. The number of hydrogen-bond donors (Lipinski definition) is 0. The van der Waals surface area contributed by atoms with Crippen molar-refractivity contribution in [1.29, 1.82) is 0 Å². The second-order valence-corrected chi connectivity index (χ2v) is 5.10. The molecule has 0 aliphatic rings. The third-order valence-electron chi connectivity index (χ3n) is 3.64. The molecule has 0 bridgehead atoms. The van der Waals surface area contributed by atoms with Gasteiger partial charge in [-0.2, -0.15) is 0 Å². The van der Waals surface area contributed by atoms with Crippen LogP contribution in [0.5, 0.6) is 0 Å². The van der Waals surface area contributed by atoms with E-state index in [0.29, 0.717) is 6.04 Å². The highest BCUT2D eigenvalue weighted by molar-refractivity contribution is 5.30. The summed E-state index contributed by atoms with van der Waals surface area (Å²) in [6, 6.07) is 7.50. The fraction of sp³-hybridized carbons (Fsp3) is 0.625. The highest BCUT2D eigenvalue weighted by atomic mass is 15.1. The van der Waals surface area contributed by atoms with Gasteiger partial charge in [-0.15, -0.1) is 0 Å². The number of likely N-dealkylation sites (N-methyl/N-ethyl adjacent to an activating group) is 1. The van der Waals surface area contributed by atoms with E-state index in [4.69, 9.17) is 0 Å². The fourth-order valence-corrected chi connectivity index (χ4v) is 2.38. The summed E-state index contributed by atoms with van der Waals surface area (Å²) in [7, 11) is 0. The molecule has 0 spiro atoms. The van der Waals surface area contributed by atoms with Crippen LogP contribution < -0.4 is 0 Å². The summed E-state index contributed by atoms with van der Waals surface area (Å²) < 4.78 is 0. The van der Waals surface area contributed by atoms with Crippen molar-refractivity contribution in [2.24, 2.45) is 0 Å². The molecule has 1 nitrogen and oxygen atoms in total. The molecule has 1 heteroatoms. The Labute approximate surface area is 107 Å². The Morgan fingerprint density at radius 2 is 1.82 bits per heavy atom. The van der Waals surface area contributed by atoms with E-state index in [1.807, 2.05) is 0 Å². The lowest BCUT2D eigenvalue weighted by Crippen LogP contribution is -2.35. The minimum absolute atomic E-state index is 0.641. The second kappa shape index (κ2) is 6.80. The van der Waals surface area contributed by atoms with Gasteiger partial charge in [-0.3, -0.25) is 0 Å². The van der Waals surface area contributed by atoms with E-state index >= 15 is 0 Å². The van der Waals surface area contributed by atoms with Crippen LogP contribution in [0, 0.1) is 13.8 Å². The highest BCUT2D eigenvalue weighted by Gasteiger charge is 2.11. The summed E-state index contributed by atoms with van der Waals surface area (Å²) in [5.74, 6) is 0. The van der Waals surface area contributed by atoms with Gasteiger partial charge in [0.05, 0.1) is 0 Å². The van der Waals surface area contributed by atoms with Gasteiger partial charge in [0.1, 0.15) is 0 Å². The van der Waals surface area contributed by atoms with Gasteiger partial charge in [-0.1, -0.05) is 32.0 Å². The maximum Gasteiger partial charge on any atom is 0.0107 e. The molecular weight excluding hydrogens is 206 g/mol. The van der Waals surface area contributed by atoms with Crippen LogP contribution in [0.25, 0.3) is 0 Å².